The van der Waals surface area contributed by atoms with Crippen molar-refractivity contribution in [1.82, 2.24) is 5.32 Å². The highest BCUT2D eigenvalue weighted by atomic mass is 79.9. The number of carbonyl (C=O) groups is 1. The van der Waals surface area contributed by atoms with Crippen molar-refractivity contribution in [3.05, 3.63) is 35.6 Å². The minimum absolute atomic E-state index is 0.150. The fourth-order valence-corrected chi connectivity index (χ4v) is 1.08. The Balaban J connectivity index is 2.54. The van der Waals surface area contributed by atoms with Gasteiger partial charge in [-0.25, -0.2) is 4.39 Å². The normalized spacial score (nSPS) is 9.69. The van der Waals surface area contributed by atoms with Gasteiger partial charge in [0.15, 0.2) is 0 Å². The summed E-state index contributed by atoms with van der Waals surface area (Å²) in [4.78, 5) is 10.8. The van der Waals surface area contributed by atoms with Crippen LogP contribution in [0.3, 0.4) is 0 Å². The Morgan fingerprint density at radius 1 is 1.46 bits per heavy atom. The van der Waals surface area contributed by atoms with E-state index >= 15 is 0 Å². The van der Waals surface area contributed by atoms with Gasteiger partial charge >= 0.3 is 0 Å². The summed E-state index contributed by atoms with van der Waals surface area (Å²) in [6.45, 7) is 0.233. The molecule has 4 heteroatoms. The van der Waals surface area contributed by atoms with Crippen LogP contribution in [0.2, 0.25) is 0 Å². The molecule has 0 spiro atoms. The lowest BCUT2D eigenvalue weighted by molar-refractivity contribution is -0.118. The first-order valence-electron chi connectivity index (χ1n) is 3.80. The molecule has 13 heavy (non-hydrogen) atoms. The Kier molecular flexibility index (Phi) is 3.89. The molecule has 1 aromatic carbocycles. The van der Waals surface area contributed by atoms with Crippen molar-refractivity contribution in [2.75, 3.05) is 5.33 Å². The van der Waals surface area contributed by atoms with E-state index in [2.05, 4.69) is 21.2 Å². The summed E-state index contributed by atoms with van der Waals surface area (Å²) in [5.74, 6) is -0.444. The monoisotopic (exact) mass is 245 g/mol. The Bertz CT molecular complexity index is 303. The van der Waals surface area contributed by atoms with Gasteiger partial charge in [-0.15, -0.1) is 0 Å². The average Bonchev–Trinajstić information content (AvgIpc) is 2.16. The van der Waals surface area contributed by atoms with Crippen LogP contribution in [0.4, 0.5) is 4.39 Å². The summed E-state index contributed by atoms with van der Waals surface area (Å²) >= 11 is 3.00. The molecule has 1 aromatic rings. The van der Waals surface area contributed by atoms with Gasteiger partial charge in [0.2, 0.25) is 5.91 Å². The van der Waals surface area contributed by atoms with E-state index in [0.717, 1.165) is 0 Å². The number of amides is 1. The molecule has 0 unspecified atom stereocenters. The van der Waals surface area contributed by atoms with E-state index in [1.54, 1.807) is 18.2 Å². The maximum Gasteiger partial charge on any atom is 0.230 e. The number of rotatable bonds is 3. The zero-order chi connectivity index (χ0) is 9.68. The number of nitrogens with one attached hydrogen (secondary N) is 1. The second kappa shape index (κ2) is 4.97. The minimum atomic E-state index is -0.294. The van der Waals surface area contributed by atoms with Crippen molar-refractivity contribution < 1.29 is 9.18 Å². The number of halogens is 2. The van der Waals surface area contributed by atoms with Crippen LogP contribution in [-0.2, 0) is 11.3 Å². The summed E-state index contributed by atoms with van der Waals surface area (Å²) in [5.41, 5.74) is 0.497. The fourth-order valence-electron chi connectivity index (χ4n) is 0.883. The number of hydrogen-bond donors (Lipinski definition) is 1. The molecule has 1 rings (SSSR count). The van der Waals surface area contributed by atoms with E-state index in [4.69, 9.17) is 0 Å². The standard InChI is InChI=1S/C9H9BrFNO/c10-5-9(13)12-6-7-3-1-2-4-8(7)11/h1-4H,5-6H2,(H,12,13). The molecule has 0 aliphatic heterocycles. The van der Waals surface area contributed by atoms with Crippen LogP contribution in [-0.4, -0.2) is 11.2 Å². The van der Waals surface area contributed by atoms with E-state index in [0.29, 0.717) is 5.56 Å². The Morgan fingerprint density at radius 3 is 2.77 bits per heavy atom. The van der Waals surface area contributed by atoms with Crippen molar-refractivity contribution in [1.29, 1.82) is 0 Å². The fraction of sp³-hybridized carbons (Fsp3) is 0.222. The van der Waals surface area contributed by atoms with Gasteiger partial charge < -0.3 is 5.32 Å². The van der Waals surface area contributed by atoms with Gasteiger partial charge in [-0.3, -0.25) is 4.79 Å². The molecule has 0 radical (unpaired) electrons. The van der Waals surface area contributed by atoms with Gasteiger partial charge in [0.05, 0.1) is 5.33 Å². The lowest BCUT2D eigenvalue weighted by Crippen LogP contribution is -2.23. The lowest BCUT2D eigenvalue weighted by Gasteiger charge is -2.03. The highest BCUT2D eigenvalue weighted by molar-refractivity contribution is 9.09. The molecule has 1 N–H and O–H groups in total. The third kappa shape index (κ3) is 3.14. The van der Waals surface area contributed by atoms with Crippen LogP contribution in [0.5, 0.6) is 0 Å². The molecule has 0 aromatic heterocycles. The molecule has 0 fully saturated rings. The smallest absolute Gasteiger partial charge is 0.230 e. The summed E-state index contributed by atoms with van der Waals surface area (Å²) in [6, 6.07) is 6.36. The molecule has 0 heterocycles. The molecule has 0 saturated heterocycles. The molecule has 0 saturated carbocycles. The molecule has 0 aliphatic rings. The van der Waals surface area contributed by atoms with Gasteiger partial charge in [0.1, 0.15) is 5.82 Å². The van der Waals surface area contributed by atoms with Gasteiger partial charge in [-0.2, -0.15) is 0 Å². The van der Waals surface area contributed by atoms with E-state index in [-0.39, 0.29) is 23.6 Å². The molecule has 70 valence electrons. The molecule has 0 aliphatic carbocycles. The van der Waals surface area contributed by atoms with Crippen molar-refractivity contribution >= 4 is 21.8 Å². The molecule has 0 bridgehead atoms. The van der Waals surface area contributed by atoms with Crippen molar-refractivity contribution in [2.45, 2.75) is 6.54 Å². The maximum atomic E-state index is 13.0. The molecule has 0 atom stereocenters. The highest BCUT2D eigenvalue weighted by Crippen LogP contribution is 2.05. The maximum absolute atomic E-state index is 13.0. The first kappa shape index (κ1) is 10.2. The van der Waals surface area contributed by atoms with Crippen LogP contribution in [0, 0.1) is 5.82 Å². The molecular weight excluding hydrogens is 237 g/mol. The van der Waals surface area contributed by atoms with Crippen LogP contribution in [0.15, 0.2) is 24.3 Å². The number of alkyl halides is 1. The Hall–Kier alpha value is -0.900. The van der Waals surface area contributed by atoms with Crippen molar-refractivity contribution in [3.63, 3.8) is 0 Å². The van der Waals surface area contributed by atoms with Crippen LogP contribution >= 0.6 is 15.9 Å². The van der Waals surface area contributed by atoms with Crippen LogP contribution < -0.4 is 5.32 Å². The summed E-state index contributed by atoms with van der Waals surface area (Å²) in [5, 5.41) is 2.80. The van der Waals surface area contributed by atoms with E-state index < -0.39 is 0 Å². The number of benzene rings is 1. The lowest BCUT2D eigenvalue weighted by atomic mass is 10.2. The first-order valence-corrected chi connectivity index (χ1v) is 4.92. The second-order valence-electron chi connectivity index (χ2n) is 2.50. The Labute approximate surface area is 84.3 Å². The quantitative estimate of drug-likeness (QED) is 0.810. The van der Waals surface area contributed by atoms with Gasteiger partial charge in [-0.1, -0.05) is 34.1 Å². The zero-order valence-electron chi connectivity index (χ0n) is 6.89. The highest BCUT2D eigenvalue weighted by Gasteiger charge is 2.01. The number of carbonyl (C=O) groups excluding carboxylic acids is 1. The second-order valence-corrected chi connectivity index (χ2v) is 3.06. The third-order valence-corrected chi connectivity index (χ3v) is 2.06. The minimum Gasteiger partial charge on any atom is -0.351 e. The molecular formula is C9H9BrFNO. The van der Waals surface area contributed by atoms with Crippen molar-refractivity contribution in [2.24, 2.45) is 0 Å². The third-order valence-electron chi connectivity index (χ3n) is 1.56. The van der Waals surface area contributed by atoms with E-state index in [1.807, 2.05) is 0 Å². The predicted octanol–water partition coefficient (Wildman–Crippen LogP) is 1.84. The van der Waals surface area contributed by atoms with Gasteiger partial charge in [-0.05, 0) is 6.07 Å². The average molecular weight is 246 g/mol. The van der Waals surface area contributed by atoms with E-state index in [9.17, 15) is 9.18 Å². The van der Waals surface area contributed by atoms with Crippen molar-refractivity contribution in [3.8, 4) is 0 Å². The first-order chi connectivity index (χ1) is 6.24. The van der Waals surface area contributed by atoms with Crippen LogP contribution in [0.25, 0.3) is 0 Å². The zero-order valence-corrected chi connectivity index (χ0v) is 8.47. The summed E-state index contributed by atoms with van der Waals surface area (Å²) < 4.78 is 13.0. The molecule has 2 nitrogen and oxygen atoms in total. The molecule has 1 amide bonds. The predicted molar refractivity (Wildman–Crippen MR) is 52.0 cm³/mol. The van der Waals surface area contributed by atoms with Crippen LogP contribution in [0.1, 0.15) is 5.56 Å². The number of hydrogen-bond acceptors (Lipinski definition) is 1. The largest absolute Gasteiger partial charge is 0.351 e. The summed E-state index contributed by atoms with van der Waals surface area (Å²) in [7, 11) is 0. The topological polar surface area (TPSA) is 29.1 Å². The van der Waals surface area contributed by atoms with E-state index in [1.165, 1.54) is 6.07 Å². The summed E-state index contributed by atoms with van der Waals surface area (Å²) in [6.07, 6.45) is 0. The van der Waals surface area contributed by atoms with Gasteiger partial charge in [0, 0.05) is 12.1 Å². The van der Waals surface area contributed by atoms with Gasteiger partial charge in [0.25, 0.3) is 0 Å². The SMILES string of the molecule is O=C(CBr)NCc1ccccc1F. The Morgan fingerprint density at radius 2 is 2.15 bits per heavy atom.